The second kappa shape index (κ2) is 9.47. The summed E-state index contributed by atoms with van der Waals surface area (Å²) in [5.74, 6) is -1.37. The molecule has 2 aromatic rings. The molecule has 126 valence electrons. The van der Waals surface area contributed by atoms with Crippen molar-refractivity contribution >= 4 is 11.8 Å². The molecule has 0 atom stereocenters. The lowest BCUT2D eigenvalue weighted by Crippen LogP contribution is -2.41. The van der Waals surface area contributed by atoms with Crippen LogP contribution in [0.5, 0.6) is 0 Å². The van der Waals surface area contributed by atoms with Crippen LogP contribution < -0.4 is 10.6 Å². The van der Waals surface area contributed by atoms with Crippen molar-refractivity contribution in [3.8, 4) is 0 Å². The van der Waals surface area contributed by atoms with Crippen molar-refractivity contribution in [2.24, 2.45) is 0 Å². The first-order chi connectivity index (χ1) is 11.7. The highest BCUT2D eigenvalue weighted by atomic mass is 16.3. The van der Waals surface area contributed by atoms with Gasteiger partial charge in [-0.15, -0.1) is 0 Å². The fraction of sp³-hybridized carbons (Fsp3) is 0.263. The molecule has 2 aromatic carbocycles. The van der Waals surface area contributed by atoms with Gasteiger partial charge in [0.05, 0.1) is 0 Å². The van der Waals surface area contributed by atoms with Crippen LogP contribution in [0.25, 0.3) is 0 Å². The number of aliphatic hydroxyl groups excluding tert-OH is 1. The van der Waals surface area contributed by atoms with E-state index in [0.717, 1.165) is 11.1 Å². The molecule has 5 nitrogen and oxygen atoms in total. The van der Waals surface area contributed by atoms with Crippen molar-refractivity contribution < 1.29 is 14.7 Å². The van der Waals surface area contributed by atoms with Gasteiger partial charge in [-0.2, -0.15) is 0 Å². The number of hydrogen-bond donors (Lipinski definition) is 3. The van der Waals surface area contributed by atoms with Crippen LogP contribution in [0.3, 0.4) is 0 Å². The van der Waals surface area contributed by atoms with E-state index in [9.17, 15) is 9.59 Å². The van der Waals surface area contributed by atoms with Crippen molar-refractivity contribution in [1.29, 1.82) is 0 Å². The largest absolute Gasteiger partial charge is 0.396 e. The maximum atomic E-state index is 11.9. The normalized spacial score (nSPS) is 10.4. The lowest BCUT2D eigenvalue weighted by molar-refractivity contribution is -0.139. The van der Waals surface area contributed by atoms with E-state index in [1.165, 1.54) is 0 Å². The zero-order chi connectivity index (χ0) is 17.2. The molecule has 0 fully saturated rings. The summed E-state index contributed by atoms with van der Waals surface area (Å²) in [6.45, 7) is 0.593. The predicted octanol–water partition coefficient (Wildman–Crippen LogP) is 1.43. The van der Waals surface area contributed by atoms with Crippen molar-refractivity contribution in [2.45, 2.75) is 12.3 Å². The Balaban J connectivity index is 2.02. The van der Waals surface area contributed by atoms with E-state index in [1.54, 1.807) is 0 Å². The molecule has 2 amide bonds. The zero-order valence-electron chi connectivity index (χ0n) is 13.4. The minimum absolute atomic E-state index is 0.0218. The molecule has 0 saturated heterocycles. The fourth-order valence-electron chi connectivity index (χ4n) is 2.44. The summed E-state index contributed by atoms with van der Waals surface area (Å²) in [4.78, 5) is 23.6. The maximum absolute atomic E-state index is 11.9. The molecule has 0 unspecified atom stereocenters. The highest BCUT2D eigenvalue weighted by Gasteiger charge is 2.18. The Kier molecular flexibility index (Phi) is 6.98. The maximum Gasteiger partial charge on any atom is 0.309 e. The summed E-state index contributed by atoms with van der Waals surface area (Å²) < 4.78 is 0. The number of carbonyl (C=O) groups is 2. The molecule has 0 aliphatic rings. The van der Waals surface area contributed by atoms with Gasteiger partial charge in [-0.1, -0.05) is 60.7 Å². The van der Waals surface area contributed by atoms with Crippen LogP contribution in [0.1, 0.15) is 23.5 Å². The molecule has 0 spiro atoms. The summed E-state index contributed by atoms with van der Waals surface area (Å²) >= 11 is 0. The van der Waals surface area contributed by atoms with E-state index in [0.29, 0.717) is 13.0 Å². The monoisotopic (exact) mass is 326 g/mol. The van der Waals surface area contributed by atoms with Crippen LogP contribution in [0.2, 0.25) is 0 Å². The standard InChI is InChI=1S/C19H22N2O3/c22-13-7-12-20-18(23)19(24)21-14-17(15-8-3-1-4-9-15)16-10-5-2-6-11-16/h1-6,8-11,17,22H,7,12-14H2,(H,20,23)(H,21,24). The Morgan fingerprint density at radius 3 is 1.83 bits per heavy atom. The van der Waals surface area contributed by atoms with Crippen LogP contribution in [0, 0.1) is 0 Å². The van der Waals surface area contributed by atoms with Crippen LogP contribution in [0.15, 0.2) is 60.7 Å². The summed E-state index contributed by atoms with van der Waals surface area (Å²) in [6.07, 6.45) is 0.426. The summed E-state index contributed by atoms with van der Waals surface area (Å²) in [7, 11) is 0. The Hall–Kier alpha value is -2.66. The van der Waals surface area contributed by atoms with Gasteiger partial charge in [-0.3, -0.25) is 9.59 Å². The molecule has 2 rings (SSSR count). The first-order valence-electron chi connectivity index (χ1n) is 7.99. The Bertz CT molecular complexity index is 605. The number of carbonyl (C=O) groups excluding carboxylic acids is 2. The number of aliphatic hydroxyl groups is 1. The molecule has 3 N–H and O–H groups in total. The van der Waals surface area contributed by atoms with Gasteiger partial charge in [0, 0.05) is 25.6 Å². The van der Waals surface area contributed by atoms with Crippen molar-refractivity contribution in [3.63, 3.8) is 0 Å². The molecule has 5 heteroatoms. The predicted molar refractivity (Wildman–Crippen MR) is 92.4 cm³/mol. The molecule has 0 saturated carbocycles. The third-order valence-corrected chi connectivity index (χ3v) is 3.70. The van der Waals surface area contributed by atoms with Crippen molar-refractivity contribution in [3.05, 3.63) is 71.8 Å². The minimum atomic E-state index is -0.677. The quantitative estimate of drug-likeness (QED) is 0.532. The number of benzene rings is 2. The van der Waals surface area contributed by atoms with Gasteiger partial charge in [0.25, 0.3) is 0 Å². The first-order valence-corrected chi connectivity index (χ1v) is 7.99. The van der Waals surface area contributed by atoms with E-state index in [1.807, 2.05) is 60.7 Å². The molecule has 0 aromatic heterocycles. The molecule has 0 aliphatic heterocycles. The molecule has 24 heavy (non-hydrogen) atoms. The van der Waals surface area contributed by atoms with Gasteiger partial charge in [-0.25, -0.2) is 0 Å². The summed E-state index contributed by atoms with van der Waals surface area (Å²) in [5.41, 5.74) is 2.15. The summed E-state index contributed by atoms with van der Waals surface area (Å²) in [5, 5.41) is 13.9. The molecule has 0 radical (unpaired) electrons. The van der Waals surface area contributed by atoms with Gasteiger partial charge >= 0.3 is 11.8 Å². The topological polar surface area (TPSA) is 78.4 Å². The number of hydrogen-bond acceptors (Lipinski definition) is 3. The Morgan fingerprint density at radius 2 is 1.33 bits per heavy atom. The molecule has 0 heterocycles. The van der Waals surface area contributed by atoms with Gasteiger partial charge in [0.15, 0.2) is 0 Å². The van der Waals surface area contributed by atoms with Gasteiger partial charge < -0.3 is 15.7 Å². The number of amides is 2. The minimum Gasteiger partial charge on any atom is -0.396 e. The SMILES string of the molecule is O=C(NCCCO)C(=O)NCC(c1ccccc1)c1ccccc1. The third-order valence-electron chi connectivity index (χ3n) is 3.70. The van der Waals surface area contributed by atoms with E-state index < -0.39 is 11.8 Å². The van der Waals surface area contributed by atoms with Crippen molar-refractivity contribution in [2.75, 3.05) is 19.7 Å². The summed E-state index contributed by atoms with van der Waals surface area (Å²) in [6, 6.07) is 19.7. The lowest BCUT2D eigenvalue weighted by Gasteiger charge is -2.18. The smallest absolute Gasteiger partial charge is 0.309 e. The second-order valence-corrected chi connectivity index (χ2v) is 5.42. The van der Waals surface area contributed by atoms with Crippen molar-refractivity contribution in [1.82, 2.24) is 10.6 Å². The van der Waals surface area contributed by atoms with E-state index in [2.05, 4.69) is 10.6 Å². The average molecular weight is 326 g/mol. The number of rotatable bonds is 7. The average Bonchev–Trinajstić information content (AvgIpc) is 2.63. The Labute approximate surface area is 141 Å². The van der Waals surface area contributed by atoms with E-state index in [4.69, 9.17) is 5.11 Å². The van der Waals surface area contributed by atoms with Gasteiger partial charge in [0.2, 0.25) is 0 Å². The lowest BCUT2D eigenvalue weighted by atomic mass is 9.91. The van der Waals surface area contributed by atoms with Crippen LogP contribution in [0.4, 0.5) is 0 Å². The molecule has 0 aliphatic carbocycles. The zero-order valence-corrected chi connectivity index (χ0v) is 13.4. The van der Waals surface area contributed by atoms with Crippen LogP contribution >= 0.6 is 0 Å². The highest BCUT2D eigenvalue weighted by molar-refractivity contribution is 6.35. The Morgan fingerprint density at radius 1 is 0.833 bits per heavy atom. The van der Waals surface area contributed by atoms with Gasteiger partial charge in [-0.05, 0) is 17.5 Å². The highest BCUT2D eigenvalue weighted by Crippen LogP contribution is 2.23. The number of nitrogens with one attached hydrogen (secondary N) is 2. The van der Waals surface area contributed by atoms with Gasteiger partial charge in [0.1, 0.15) is 0 Å². The fourth-order valence-corrected chi connectivity index (χ4v) is 2.44. The molecule has 0 bridgehead atoms. The van der Waals surface area contributed by atoms with Crippen LogP contribution in [-0.2, 0) is 9.59 Å². The first kappa shape index (κ1) is 17.7. The molecular weight excluding hydrogens is 304 g/mol. The molecular formula is C19H22N2O3. The van der Waals surface area contributed by atoms with Crippen LogP contribution in [-0.4, -0.2) is 36.6 Å². The van der Waals surface area contributed by atoms with E-state index in [-0.39, 0.29) is 19.1 Å². The van der Waals surface area contributed by atoms with E-state index >= 15 is 0 Å². The second-order valence-electron chi connectivity index (χ2n) is 5.42. The third kappa shape index (κ3) is 5.21.